The smallest absolute Gasteiger partial charge is 0.118 e. The lowest BCUT2D eigenvalue weighted by molar-refractivity contribution is 0.302. The molecule has 1 aromatic carbocycles. The van der Waals surface area contributed by atoms with Gasteiger partial charge < -0.3 is 5.32 Å². The molecule has 0 saturated heterocycles. The van der Waals surface area contributed by atoms with Crippen molar-refractivity contribution in [1.82, 2.24) is 15.6 Å². The Bertz CT molecular complexity index is 513. The Kier molecular flexibility index (Phi) is 5.42. The number of thioether (sulfide) groups is 1. The number of rotatable bonds is 7. The van der Waals surface area contributed by atoms with Crippen LogP contribution in [-0.2, 0) is 12.3 Å². The van der Waals surface area contributed by atoms with Gasteiger partial charge in [-0.15, -0.1) is 11.8 Å². The van der Waals surface area contributed by atoms with Gasteiger partial charge in [0.25, 0.3) is 0 Å². The minimum absolute atomic E-state index is 0.793. The molecular weight excluding hydrogens is 258 g/mol. The zero-order chi connectivity index (χ0) is 13.5. The van der Waals surface area contributed by atoms with Gasteiger partial charge in [-0.2, -0.15) is 0 Å². The fourth-order valence-corrected chi connectivity index (χ4v) is 2.66. The van der Waals surface area contributed by atoms with Crippen LogP contribution in [-0.4, -0.2) is 16.9 Å². The van der Waals surface area contributed by atoms with E-state index in [0.29, 0.717) is 0 Å². The molecule has 0 fully saturated rings. The molecule has 5 heteroatoms. The predicted molar refractivity (Wildman–Crippen MR) is 77.0 cm³/mol. The maximum Gasteiger partial charge on any atom is 0.118 e. The lowest BCUT2D eigenvalue weighted by Gasteiger charge is -2.05. The van der Waals surface area contributed by atoms with Gasteiger partial charge >= 0.3 is 0 Å². The van der Waals surface area contributed by atoms with E-state index in [1.165, 1.54) is 10.5 Å². The quantitative estimate of drug-likeness (QED) is 0.622. The number of nitrogens with one attached hydrogen (secondary N) is 1. The second-order valence-corrected chi connectivity index (χ2v) is 5.46. The maximum atomic E-state index is 4.70. The Hall–Kier alpha value is -1.33. The van der Waals surface area contributed by atoms with E-state index < -0.39 is 0 Å². The van der Waals surface area contributed by atoms with Gasteiger partial charge in [0.2, 0.25) is 0 Å². The average molecular weight is 277 g/mol. The van der Waals surface area contributed by atoms with Gasteiger partial charge in [-0.3, -0.25) is 0 Å². The summed E-state index contributed by atoms with van der Waals surface area (Å²) in [6.07, 6.45) is 1.16. The SMILES string of the molecule is CCCNCc1cccc(SCc2nonc2C)c1. The Labute approximate surface area is 117 Å². The molecule has 1 heterocycles. The molecule has 4 nitrogen and oxygen atoms in total. The third-order valence-corrected chi connectivity index (χ3v) is 3.78. The van der Waals surface area contributed by atoms with Crippen molar-refractivity contribution < 1.29 is 4.63 Å². The Morgan fingerprint density at radius 2 is 2.21 bits per heavy atom. The second kappa shape index (κ2) is 7.31. The Balaban J connectivity index is 1.90. The summed E-state index contributed by atoms with van der Waals surface area (Å²) in [7, 11) is 0. The van der Waals surface area contributed by atoms with Crippen LogP contribution in [0.1, 0.15) is 30.3 Å². The summed E-state index contributed by atoms with van der Waals surface area (Å²) in [6.45, 7) is 6.07. The number of nitrogens with zero attached hydrogens (tertiary/aromatic N) is 2. The molecule has 0 radical (unpaired) electrons. The third kappa shape index (κ3) is 4.36. The molecule has 0 saturated carbocycles. The van der Waals surface area contributed by atoms with Crippen molar-refractivity contribution in [2.45, 2.75) is 37.5 Å². The Morgan fingerprint density at radius 1 is 1.32 bits per heavy atom. The molecule has 0 aliphatic rings. The fraction of sp³-hybridized carbons (Fsp3) is 0.429. The first kappa shape index (κ1) is 14.1. The zero-order valence-electron chi connectivity index (χ0n) is 11.3. The highest BCUT2D eigenvalue weighted by Crippen LogP contribution is 2.23. The summed E-state index contributed by atoms with van der Waals surface area (Å²) in [5.41, 5.74) is 3.10. The summed E-state index contributed by atoms with van der Waals surface area (Å²) < 4.78 is 4.70. The molecule has 0 aliphatic heterocycles. The summed E-state index contributed by atoms with van der Waals surface area (Å²) in [4.78, 5) is 1.25. The van der Waals surface area contributed by atoms with E-state index in [0.717, 1.165) is 36.7 Å². The number of aryl methyl sites for hydroxylation is 1. The van der Waals surface area contributed by atoms with E-state index in [1.807, 2.05) is 6.92 Å². The molecule has 0 atom stereocenters. The monoisotopic (exact) mass is 277 g/mol. The number of hydrogen-bond donors (Lipinski definition) is 1. The molecule has 1 N–H and O–H groups in total. The molecule has 0 aliphatic carbocycles. The van der Waals surface area contributed by atoms with E-state index in [9.17, 15) is 0 Å². The molecule has 102 valence electrons. The zero-order valence-corrected chi connectivity index (χ0v) is 12.2. The van der Waals surface area contributed by atoms with Crippen molar-refractivity contribution in [3.8, 4) is 0 Å². The van der Waals surface area contributed by atoms with Gasteiger partial charge in [-0.25, -0.2) is 4.63 Å². The van der Waals surface area contributed by atoms with Crippen LogP contribution in [0.15, 0.2) is 33.8 Å². The van der Waals surface area contributed by atoms with Gasteiger partial charge in [0.1, 0.15) is 11.4 Å². The van der Waals surface area contributed by atoms with Crippen LogP contribution < -0.4 is 5.32 Å². The van der Waals surface area contributed by atoms with E-state index in [1.54, 1.807) is 11.8 Å². The van der Waals surface area contributed by atoms with Crippen molar-refractivity contribution in [3.05, 3.63) is 41.2 Å². The first-order valence-electron chi connectivity index (χ1n) is 6.50. The molecule has 0 spiro atoms. The second-order valence-electron chi connectivity index (χ2n) is 4.41. The van der Waals surface area contributed by atoms with Crippen LogP contribution in [0.25, 0.3) is 0 Å². The normalized spacial score (nSPS) is 10.8. The van der Waals surface area contributed by atoms with Crippen LogP contribution in [0.5, 0.6) is 0 Å². The van der Waals surface area contributed by atoms with E-state index in [2.05, 4.69) is 46.8 Å². The minimum Gasteiger partial charge on any atom is -0.313 e. The molecule has 0 unspecified atom stereocenters. The first-order valence-corrected chi connectivity index (χ1v) is 7.48. The van der Waals surface area contributed by atoms with Crippen LogP contribution in [0.4, 0.5) is 0 Å². The molecule has 19 heavy (non-hydrogen) atoms. The van der Waals surface area contributed by atoms with Gasteiger partial charge in [0.15, 0.2) is 0 Å². The topological polar surface area (TPSA) is 51.0 Å². The number of benzene rings is 1. The standard InChI is InChI=1S/C14H19N3OS/c1-3-7-15-9-12-5-4-6-13(8-12)19-10-14-11(2)16-18-17-14/h4-6,8,15H,3,7,9-10H2,1-2H3. The molecule has 0 bridgehead atoms. The van der Waals surface area contributed by atoms with Crippen molar-refractivity contribution in [2.75, 3.05) is 6.54 Å². The van der Waals surface area contributed by atoms with Crippen molar-refractivity contribution in [3.63, 3.8) is 0 Å². The highest BCUT2D eigenvalue weighted by molar-refractivity contribution is 7.98. The van der Waals surface area contributed by atoms with Crippen molar-refractivity contribution in [1.29, 1.82) is 0 Å². The van der Waals surface area contributed by atoms with Crippen LogP contribution in [0.2, 0.25) is 0 Å². The molecule has 2 aromatic rings. The van der Waals surface area contributed by atoms with Gasteiger partial charge in [-0.05, 0) is 37.6 Å². The molecule has 2 rings (SSSR count). The van der Waals surface area contributed by atoms with E-state index in [-0.39, 0.29) is 0 Å². The molecule has 1 aromatic heterocycles. The predicted octanol–water partition coefficient (Wildman–Crippen LogP) is 3.17. The van der Waals surface area contributed by atoms with Crippen LogP contribution in [0.3, 0.4) is 0 Å². The summed E-state index contributed by atoms with van der Waals surface area (Å²) >= 11 is 1.76. The lowest BCUT2D eigenvalue weighted by atomic mass is 10.2. The minimum atomic E-state index is 0.793. The van der Waals surface area contributed by atoms with Gasteiger partial charge in [0.05, 0.1) is 0 Å². The van der Waals surface area contributed by atoms with Crippen molar-refractivity contribution in [2.24, 2.45) is 0 Å². The van der Waals surface area contributed by atoms with E-state index in [4.69, 9.17) is 4.63 Å². The fourth-order valence-electron chi connectivity index (χ4n) is 1.69. The maximum absolute atomic E-state index is 4.70. The van der Waals surface area contributed by atoms with Crippen LogP contribution in [0, 0.1) is 6.92 Å². The molecule has 0 amide bonds. The van der Waals surface area contributed by atoms with Crippen LogP contribution >= 0.6 is 11.8 Å². The molecular formula is C14H19N3OS. The third-order valence-electron chi connectivity index (χ3n) is 2.78. The number of aromatic nitrogens is 2. The summed E-state index contributed by atoms with van der Waals surface area (Å²) in [5.74, 6) is 0.793. The number of hydrogen-bond acceptors (Lipinski definition) is 5. The van der Waals surface area contributed by atoms with E-state index >= 15 is 0 Å². The first-order chi connectivity index (χ1) is 9.29. The summed E-state index contributed by atoms with van der Waals surface area (Å²) in [5, 5.41) is 11.1. The highest BCUT2D eigenvalue weighted by atomic mass is 32.2. The summed E-state index contributed by atoms with van der Waals surface area (Å²) in [6, 6.07) is 8.59. The van der Waals surface area contributed by atoms with Gasteiger partial charge in [0, 0.05) is 17.2 Å². The largest absolute Gasteiger partial charge is 0.313 e. The average Bonchev–Trinajstić information content (AvgIpc) is 2.83. The van der Waals surface area contributed by atoms with Crippen molar-refractivity contribution >= 4 is 11.8 Å². The van der Waals surface area contributed by atoms with Gasteiger partial charge in [-0.1, -0.05) is 29.4 Å². The Morgan fingerprint density at radius 3 is 2.95 bits per heavy atom. The highest BCUT2D eigenvalue weighted by Gasteiger charge is 2.05. The lowest BCUT2D eigenvalue weighted by Crippen LogP contribution is -2.13.